The first-order valence-electron chi connectivity index (χ1n) is 7.79. The van der Waals surface area contributed by atoms with E-state index in [1.807, 2.05) is 13.0 Å². The Labute approximate surface area is 155 Å². The highest BCUT2D eigenvalue weighted by molar-refractivity contribution is 9.10. The molecule has 0 spiro atoms. The van der Waals surface area contributed by atoms with Gasteiger partial charge in [-0.25, -0.2) is 0 Å². The Hall–Kier alpha value is -2.34. The summed E-state index contributed by atoms with van der Waals surface area (Å²) in [5.41, 5.74) is 3.31. The predicted octanol–water partition coefficient (Wildman–Crippen LogP) is 2.35. The molecule has 0 atom stereocenters. The molecule has 0 aliphatic heterocycles. The Kier molecular flexibility index (Phi) is 4.81. The molecule has 25 heavy (non-hydrogen) atoms. The molecular weight excluding hydrogens is 381 g/mol. The normalized spacial score (nSPS) is 13.4. The zero-order chi connectivity index (χ0) is 18.1. The second kappa shape index (κ2) is 6.88. The fourth-order valence-corrected chi connectivity index (χ4v) is 3.30. The van der Waals surface area contributed by atoms with Gasteiger partial charge in [0.15, 0.2) is 5.78 Å². The van der Waals surface area contributed by atoms with Gasteiger partial charge in [-0.3, -0.25) is 9.59 Å². The minimum absolute atomic E-state index is 0.0134. The second-order valence-corrected chi connectivity index (χ2v) is 6.85. The van der Waals surface area contributed by atoms with Crippen molar-refractivity contribution in [3.05, 3.63) is 68.8 Å². The number of carbonyl (C=O) groups is 2. The number of halogens is 1. The molecule has 0 aromatic heterocycles. The van der Waals surface area contributed by atoms with Gasteiger partial charge >= 0.3 is 0 Å². The number of nitrogens with one attached hydrogen (secondary N) is 1. The SMILES string of the molecule is [B]c1cc(CCNC2=CC(=O)c3ccc(C)cc3C2=O)cc(Br)c1O. The van der Waals surface area contributed by atoms with Gasteiger partial charge in [0.1, 0.15) is 13.6 Å². The van der Waals surface area contributed by atoms with Crippen LogP contribution in [0.2, 0.25) is 0 Å². The molecule has 2 N–H and O–H groups in total. The molecule has 2 aromatic rings. The standard InChI is InChI=1S/C19H15BBrNO3/c1-10-2-3-12-13(6-10)18(24)16(9-17(12)23)22-5-4-11-7-14(20)19(25)15(21)8-11/h2-3,6-9,22,25H,4-5H2,1H3. The van der Waals surface area contributed by atoms with E-state index in [2.05, 4.69) is 21.2 Å². The lowest BCUT2D eigenvalue weighted by atomic mass is 9.91. The molecule has 0 amide bonds. The summed E-state index contributed by atoms with van der Waals surface area (Å²) in [6, 6.07) is 8.71. The monoisotopic (exact) mass is 395 g/mol. The van der Waals surface area contributed by atoms with Gasteiger partial charge in [0.2, 0.25) is 5.78 Å². The molecule has 0 unspecified atom stereocenters. The van der Waals surface area contributed by atoms with Crippen molar-refractivity contribution in [2.24, 2.45) is 0 Å². The van der Waals surface area contributed by atoms with Gasteiger partial charge < -0.3 is 10.4 Å². The molecular formula is C19H15BBrNO3. The van der Waals surface area contributed by atoms with E-state index in [1.165, 1.54) is 6.08 Å². The van der Waals surface area contributed by atoms with Crippen molar-refractivity contribution in [1.82, 2.24) is 5.32 Å². The number of aryl methyl sites for hydroxylation is 1. The molecule has 0 bridgehead atoms. The van der Waals surface area contributed by atoms with Crippen LogP contribution in [0.1, 0.15) is 31.8 Å². The molecule has 2 aromatic carbocycles. The minimum Gasteiger partial charge on any atom is -0.507 e. The topological polar surface area (TPSA) is 66.4 Å². The van der Waals surface area contributed by atoms with E-state index in [0.29, 0.717) is 34.3 Å². The highest BCUT2D eigenvalue weighted by atomic mass is 79.9. The average Bonchev–Trinajstić information content (AvgIpc) is 2.56. The van der Waals surface area contributed by atoms with Gasteiger partial charge in [0.05, 0.1) is 10.2 Å². The number of phenolic OH excluding ortho intramolecular Hbond substituents is 1. The first-order valence-corrected chi connectivity index (χ1v) is 8.58. The molecule has 6 heteroatoms. The summed E-state index contributed by atoms with van der Waals surface area (Å²) in [6.45, 7) is 2.35. The summed E-state index contributed by atoms with van der Waals surface area (Å²) in [5, 5.41) is 12.7. The lowest BCUT2D eigenvalue weighted by Gasteiger charge is -2.17. The van der Waals surface area contributed by atoms with Crippen LogP contribution in [-0.4, -0.2) is 31.1 Å². The molecule has 1 aliphatic rings. The number of Topliss-reactive ketones (excluding diaryl/α,β-unsaturated/α-hetero) is 1. The van der Waals surface area contributed by atoms with Crippen LogP contribution in [-0.2, 0) is 6.42 Å². The highest BCUT2D eigenvalue weighted by Crippen LogP contribution is 2.23. The fraction of sp³-hybridized carbons (Fsp3) is 0.158. The summed E-state index contributed by atoms with van der Waals surface area (Å²) in [6.07, 6.45) is 1.93. The van der Waals surface area contributed by atoms with Crippen molar-refractivity contribution in [3.8, 4) is 5.75 Å². The van der Waals surface area contributed by atoms with Crippen molar-refractivity contribution in [3.63, 3.8) is 0 Å². The number of ketones is 2. The quantitative estimate of drug-likeness (QED) is 0.780. The smallest absolute Gasteiger partial charge is 0.209 e. The Morgan fingerprint density at radius 1 is 1.16 bits per heavy atom. The largest absolute Gasteiger partial charge is 0.507 e. The van der Waals surface area contributed by atoms with Gasteiger partial charge in [0, 0.05) is 23.7 Å². The molecule has 2 radical (unpaired) electrons. The summed E-state index contributed by atoms with van der Waals surface area (Å²) in [4.78, 5) is 24.8. The third-order valence-electron chi connectivity index (χ3n) is 4.09. The van der Waals surface area contributed by atoms with Crippen LogP contribution in [0.5, 0.6) is 5.75 Å². The molecule has 124 valence electrons. The van der Waals surface area contributed by atoms with Crippen LogP contribution in [0.25, 0.3) is 0 Å². The molecule has 0 saturated heterocycles. The van der Waals surface area contributed by atoms with E-state index in [0.717, 1.165) is 11.1 Å². The fourth-order valence-electron chi connectivity index (χ4n) is 2.78. The average molecular weight is 396 g/mol. The predicted molar refractivity (Wildman–Crippen MR) is 101 cm³/mol. The third-order valence-corrected chi connectivity index (χ3v) is 4.69. The number of hydrogen-bond donors (Lipinski definition) is 2. The zero-order valence-electron chi connectivity index (χ0n) is 13.6. The molecule has 0 heterocycles. The summed E-state index contributed by atoms with van der Waals surface area (Å²) >= 11 is 3.25. The maximum atomic E-state index is 12.6. The van der Waals surface area contributed by atoms with Crippen LogP contribution >= 0.6 is 15.9 Å². The van der Waals surface area contributed by atoms with E-state index in [9.17, 15) is 14.7 Å². The van der Waals surface area contributed by atoms with E-state index >= 15 is 0 Å². The van der Waals surface area contributed by atoms with Crippen molar-refractivity contribution in [1.29, 1.82) is 0 Å². The molecule has 0 fully saturated rings. The highest BCUT2D eigenvalue weighted by Gasteiger charge is 2.25. The van der Waals surface area contributed by atoms with Gasteiger partial charge in [-0.2, -0.15) is 0 Å². The van der Waals surface area contributed by atoms with Crippen molar-refractivity contribution in [2.75, 3.05) is 6.54 Å². The maximum absolute atomic E-state index is 12.6. The maximum Gasteiger partial charge on any atom is 0.209 e. The van der Waals surface area contributed by atoms with E-state index < -0.39 is 0 Å². The van der Waals surface area contributed by atoms with Crippen molar-refractivity contribution >= 4 is 40.8 Å². The number of rotatable bonds is 4. The number of aromatic hydroxyl groups is 1. The second-order valence-electron chi connectivity index (χ2n) is 5.99. The number of fused-ring (bicyclic) bond motifs is 1. The van der Waals surface area contributed by atoms with Gasteiger partial charge in [0.25, 0.3) is 0 Å². The van der Waals surface area contributed by atoms with Crippen LogP contribution in [0.4, 0.5) is 0 Å². The van der Waals surface area contributed by atoms with Crippen molar-refractivity contribution in [2.45, 2.75) is 13.3 Å². The van der Waals surface area contributed by atoms with Gasteiger partial charge in [-0.15, -0.1) is 0 Å². The molecule has 1 aliphatic carbocycles. The Morgan fingerprint density at radius 3 is 2.64 bits per heavy atom. The van der Waals surface area contributed by atoms with Gasteiger partial charge in [-0.05, 0) is 47.0 Å². The number of benzene rings is 2. The number of phenols is 1. The number of carbonyl (C=O) groups excluding carboxylic acids is 2. The minimum atomic E-state index is -0.176. The number of allylic oxidation sites excluding steroid dienone is 2. The summed E-state index contributed by atoms with van der Waals surface area (Å²) in [5.74, 6) is -0.335. The summed E-state index contributed by atoms with van der Waals surface area (Å²) in [7, 11) is 5.73. The molecule has 3 rings (SSSR count). The van der Waals surface area contributed by atoms with Crippen LogP contribution < -0.4 is 10.8 Å². The Morgan fingerprint density at radius 2 is 1.92 bits per heavy atom. The van der Waals surface area contributed by atoms with E-state index in [-0.39, 0.29) is 22.8 Å². The summed E-state index contributed by atoms with van der Waals surface area (Å²) < 4.78 is 0.523. The number of hydrogen-bond acceptors (Lipinski definition) is 4. The lowest BCUT2D eigenvalue weighted by molar-refractivity contribution is 0.0978. The van der Waals surface area contributed by atoms with Crippen LogP contribution in [0.15, 0.2) is 46.6 Å². The Bertz CT molecular complexity index is 898. The Balaban J connectivity index is 1.72. The first kappa shape index (κ1) is 17.5. The van der Waals surface area contributed by atoms with Gasteiger partial charge in [-0.1, -0.05) is 29.2 Å². The van der Waals surface area contributed by atoms with E-state index in [4.69, 9.17) is 7.85 Å². The molecule has 4 nitrogen and oxygen atoms in total. The zero-order valence-corrected chi connectivity index (χ0v) is 15.2. The lowest BCUT2D eigenvalue weighted by Crippen LogP contribution is -2.28. The van der Waals surface area contributed by atoms with E-state index in [1.54, 1.807) is 24.3 Å². The van der Waals surface area contributed by atoms with Crippen molar-refractivity contribution < 1.29 is 14.7 Å². The van der Waals surface area contributed by atoms with Crippen LogP contribution in [0.3, 0.4) is 0 Å². The first-order chi connectivity index (χ1) is 11.9. The van der Waals surface area contributed by atoms with Crippen LogP contribution in [0, 0.1) is 6.92 Å². The molecule has 0 saturated carbocycles. The third kappa shape index (κ3) is 3.54.